The first-order valence-electron chi connectivity index (χ1n) is 11.4. The maximum Gasteiger partial charge on any atom is 0.325 e. The van der Waals surface area contributed by atoms with Gasteiger partial charge in [-0.05, 0) is 48.2 Å². The zero-order chi connectivity index (χ0) is 25.1. The van der Waals surface area contributed by atoms with Gasteiger partial charge < -0.3 is 24.4 Å². The van der Waals surface area contributed by atoms with Crippen LogP contribution in [0.25, 0.3) is 11.1 Å². The Hall–Kier alpha value is -3.15. The van der Waals surface area contributed by atoms with E-state index in [2.05, 4.69) is 4.72 Å². The summed E-state index contributed by atoms with van der Waals surface area (Å²) in [6, 6.07) is 13.4. The quantitative estimate of drug-likeness (QED) is 0.618. The van der Waals surface area contributed by atoms with Crippen molar-refractivity contribution < 1.29 is 32.6 Å². The summed E-state index contributed by atoms with van der Waals surface area (Å²) in [6.07, 6.45) is -0.0524. The third kappa shape index (κ3) is 5.42. The van der Waals surface area contributed by atoms with Crippen molar-refractivity contribution in [2.75, 3.05) is 46.5 Å². The van der Waals surface area contributed by atoms with Crippen LogP contribution in [0.1, 0.15) is 12.8 Å². The average molecular weight is 504 g/mol. The topological polar surface area (TPSA) is 125 Å². The summed E-state index contributed by atoms with van der Waals surface area (Å²) in [5.41, 5.74) is 0.0199. The van der Waals surface area contributed by atoms with E-state index in [1.807, 2.05) is 24.3 Å². The van der Waals surface area contributed by atoms with Crippen molar-refractivity contribution in [2.24, 2.45) is 0 Å². The molecule has 0 saturated carbocycles. The molecule has 11 heteroatoms. The van der Waals surface area contributed by atoms with Crippen molar-refractivity contribution in [1.29, 1.82) is 0 Å². The van der Waals surface area contributed by atoms with Gasteiger partial charge in [-0.3, -0.25) is 4.79 Å². The van der Waals surface area contributed by atoms with Crippen LogP contribution in [0.2, 0.25) is 0 Å². The van der Waals surface area contributed by atoms with Gasteiger partial charge in [0.2, 0.25) is 10.0 Å². The maximum atomic E-state index is 13.1. The number of carbonyl (C=O) groups is 2. The van der Waals surface area contributed by atoms with Crippen molar-refractivity contribution in [3.05, 3.63) is 48.5 Å². The molecule has 2 aromatic rings. The van der Waals surface area contributed by atoms with Crippen LogP contribution in [0.5, 0.6) is 5.75 Å². The van der Waals surface area contributed by atoms with Gasteiger partial charge in [0.1, 0.15) is 11.3 Å². The molecule has 188 valence electrons. The van der Waals surface area contributed by atoms with Crippen LogP contribution in [0.15, 0.2) is 53.4 Å². The number of nitrogens with one attached hydrogen (secondary N) is 1. The fourth-order valence-corrected chi connectivity index (χ4v) is 5.74. The minimum Gasteiger partial charge on any atom is -0.497 e. The van der Waals surface area contributed by atoms with Crippen molar-refractivity contribution in [3.8, 4) is 16.9 Å². The van der Waals surface area contributed by atoms with E-state index < -0.39 is 21.5 Å². The lowest BCUT2D eigenvalue weighted by Crippen LogP contribution is -2.61. The lowest BCUT2D eigenvalue weighted by Gasteiger charge is -2.41. The molecule has 10 nitrogen and oxygen atoms in total. The first-order valence-corrected chi connectivity index (χ1v) is 12.9. The molecule has 2 N–H and O–H groups in total. The van der Waals surface area contributed by atoms with Gasteiger partial charge in [0.25, 0.3) is 0 Å². The lowest BCUT2D eigenvalue weighted by molar-refractivity contribution is -0.145. The van der Waals surface area contributed by atoms with Crippen molar-refractivity contribution >= 4 is 22.0 Å². The molecule has 0 bridgehead atoms. The molecule has 2 aliphatic heterocycles. The fraction of sp³-hybridized carbons (Fsp3) is 0.417. The van der Waals surface area contributed by atoms with E-state index in [9.17, 15) is 23.1 Å². The Bertz CT molecular complexity index is 1150. The van der Waals surface area contributed by atoms with Gasteiger partial charge in [-0.2, -0.15) is 4.72 Å². The zero-order valence-corrected chi connectivity index (χ0v) is 20.3. The zero-order valence-electron chi connectivity index (χ0n) is 19.5. The molecule has 2 aromatic carbocycles. The van der Waals surface area contributed by atoms with Gasteiger partial charge in [-0.1, -0.05) is 24.3 Å². The van der Waals surface area contributed by atoms with Gasteiger partial charge in [-0.25, -0.2) is 13.2 Å². The number of nitrogens with zero attached hydrogens (tertiary/aromatic N) is 2. The highest BCUT2D eigenvalue weighted by Crippen LogP contribution is 2.28. The van der Waals surface area contributed by atoms with Crippen LogP contribution in [0, 0.1) is 0 Å². The number of aliphatic carboxylic acids is 1. The summed E-state index contributed by atoms with van der Waals surface area (Å²) < 4.78 is 39.1. The summed E-state index contributed by atoms with van der Waals surface area (Å²) in [5.74, 6) is -0.539. The highest BCUT2D eigenvalue weighted by atomic mass is 32.2. The molecule has 2 heterocycles. The minimum absolute atomic E-state index is 0.0257. The molecule has 0 aromatic heterocycles. The number of benzene rings is 2. The highest BCUT2D eigenvalue weighted by molar-refractivity contribution is 7.89. The number of methoxy groups -OCH3 is 1. The Morgan fingerprint density at radius 3 is 1.94 bits per heavy atom. The molecule has 2 saturated heterocycles. The number of piperidine rings is 1. The Morgan fingerprint density at radius 1 is 0.914 bits per heavy atom. The van der Waals surface area contributed by atoms with Gasteiger partial charge >= 0.3 is 12.0 Å². The largest absolute Gasteiger partial charge is 0.497 e. The van der Waals surface area contributed by atoms with E-state index in [-0.39, 0.29) is 36.9 Å². The summed E-state index contributed by atoms with van der Waals surface area (Å²) >= 11 is 0. The van der Waals surface area contributed by atoms with E-state index >= 15 is 0 Å². The summed E-state index contributed by atoms with van der Waals surface area (Å²) in [7, 11) is -2.53. The first kappa shape index (κ1) is 25.0. The molecule has 2 amide bonds. The normalized spacial score (nSPS) is 18.2. The number of carbonyl (C=O) groups excluding carboxylic acids is 1. The summed E-state index contributed by atoms with van der Waals surface area (Å²) in [5, 5.41) is 9.94. The molecule has 0 aliphatic carbocycles. The number of morpholine rings is 1. The second-order valence-corrected chi connectivity index (χ2v) is 10.3. The van der Waals surface area contributed by atoms with E-state index in [1.54, 1.807) is 29.0 Å². The van der Waals surface area contributed by atoms with Gasteiger partial charge in [0.15, 0.2) is 0 Å². The molecule has 2 aliphatic rings. The smallest absolute Gasteiger partial charge is 0.325 e. The number of amides is 2. The van der Waals surface area contributed by atoms with E-state index in [4.69, 9.17) is 9.47 Å². The van der Waals surface area contributed by atoms with Crippen molar-refractivity contribution in [3.63, 3.8) is 0 Å². The Labute approximate surface area is 204 Å². The van der Waals surface area contributed by atoms with Gasteiger partial charge in [0, 0.05) is 26.2 Å². The Kier molecular flexibility index (Phi) is 7.29. The van der Waals surface area contributed by atoms with Crippen LogP contribution < -0.4 is 9.46 Å². The van der Waals surface area contributed by atoms with Crippen molar-refractivity contribution in [1.82, 2.24) is 14.5 Å². The van der Waals surface area contributed by atoms with Gasteiger partial charge in [0.05, 0.1) is 25.2 Å². The second-order valence-electron chi connectivity index (χ2n) is 8.61. The third-order valence-corrected chi connectivity index (χ3v) is 8.05. The van der Waals surface area contributed by atoms with Crippen LogP contribution >= 0.6 is 0 Å². The number of carboxylic acid groups (broad SMARTS) is 1. The first-order chi connectivity index (χ1) is 16.7. The minimum atomic E-state index is -4.11. The van der Waals surface area contributed by atoms with Gasteiger partial charge in [-0.15, -0.1) is 0 Å². The van der Waals surface area contributed by atoms with Crippen molar-refractivity contribution in [2.45, 2.75) is 23.3 Å². The van der Waals surface area contributed by atoms with Crippen LogP contribution in [0.4, 0.5) is 4.79 Å². The average Bonchev–Trinajstić information content (AvgIpc) is 2.89. The molecule has 35 heavy (non-hydrogen) atoms. The molecular formula is C24H29N3O7S. The van der Waals surface area contributed by atoms with Crippen LogP contribution in [-0.2, 0) is 19.6 Å². The van der Waals surface area contributed by atoms with E-state index in [1.165, 1.54) is 12.1 Å². The van der Waals surface area contributed by atoms with Crippen LogP contribution in [-0.4, -0.2) is 87.4 Å². The second kappa shape index (κ2) is 10.2. The van der Waals surface area contributed by atoms with E-state index in [0.29, 0.717) is 32.1 Å². The Balaban J connectivity index is 1.45. The molecule has 4 rings (SSSR count). The highest BCUT2D eigenvalue weighted by Gasteiger charge is 2.46. The number of hydrogen-bond acceptors (Lipinski definition) is 6. The number of hydrogen-bond donors (Lipinski definition) is 2. The number of likely N-dealkylation sites (tertiary alicyclic amines) is 1. The number of sulfonamides is 1. The Morgan fingerprint density at radius 2 is 1.43 bits per heavy atom. The molecule has 2 fully saturated rings. The predicted octanol–water partition coefficient (Wildman–Crippen LogP) is 2.01. The van der Waals surface area contributed by atoms with Crippen LogP contribution in [0.3, 0.4) is 0 Å². The number of urea groups is 1. The monoisotopic (exact) mass is 503 g/mol. The number of rotatable bonds is 6. The predicted molar refractivity (Wildman–Crippen MR) is 128 cm³/mol. The lowest BCUT2D eigenvalue weighted by atomic mass is 9.89. The molecule has 0 radical (unpaired) electrons. The molecule has 0 unspecified atom stereocenters. The fourth-order valence-electron chi connectivity index (χ4n) is 4.32. The maximum absolute atomic E-state index is 13.1. The van der Waals surface area contributed by atoms with E-state index in [0.717, 1.165) is 11.1 Å². The molecule has 0 spiro atoms. The SMILES string of the molecule is COc1ccc(-c2ccc(S(=O)(=O)NC3(C(=O)O)CCN(C(=O)N4CCOCC4)CC3)cc2)cc1. The summed E-state index contributed by atoms with van der Waals surface area (Å²) in [4.78, 5) is 28.1. The molecular weight excluding hydrogens is 474 g/mol. The standard InChI is InChI=1S/C24H29N3O7S/c1-33-20-6-2-18(3-7-20)19-4-8-21(9-5-19)35(31,32)25-24(22(28)29)10-12-26(13-11-24)23(30)27-14-16-34-17-15-27/h2-9,25H,10-17H2,1H3,(H,28,29). The molecule has 0 atom stereocenters. The summed E-state index contributed by atoms with van der Waals surface area (Å²) in [6.45, 7) is 2.19. The number of carboxylic acids is 1. The third-order valence-electron chi connectivity index (χ3n) is 6.50. The number of ether oxygens (including phenoxy) is 2.